The summed E-state index contributed by atoms with van der Waals surface area (Å²) in [5.74, 6) is -0.183. The minimum atomic E-state index is -0.183. The van der Waals surface area contributed by atoms with Gasteiger partial charge < -0.3 is 4.57 Å². The van der Waals surface area contributed by atoms with Gasteiger partial charge in [0, 0.05) is 28.7 Å². The Hall–Kier alpha value is -2.14. The van der Waals surface area contributed by atoms with Crippen LogP contribution < -0.4 is 14.8 Å². The van der Waals surface area contributed by atoms with Crippen molar-refractivity contribution in [2.75, 3.05) is 0 Å². The molecule has 1 aromatic heterocycles. The predicted molar refractivity (Wildman–Crippen MR) is 104 cm³/mol. The summed E-state index contributed by atoms with van der Waals surface area (Å²) in [5.41, 5.74) is 1.11. The first-order valence-corrected chi connectivity index (χ1v) is 8.96. The van der Waals surface area contributed by atoms with Gasteiger partial charge >= 0.3 is 0 Å². The minimum Gasteiger partial charge on any atom is -0.302 e. The van der Waals surface area contributed by atoms with Gasteiger partial charge in [0.25, 0.3) is 5.56 Å². The lowest BCUT2D eigenvalue weighted by Crippen LogP contribution is -2.29. The lowest BCUT2D eigenvalue weighted by Gasteiger charge is -1.95. The second kappa shape index (κ2) is 7.40. The summed E-state index contributed by atoms with van der Waals surface area (Å²) in [6.45, 7) is 0. The third kappa shape index (κ3) is 3.93. The Morgan fingerprint density at radius 1 is 1.08 bits per heavy atom. The quantitative estimate of drug-likeness (QED) is 0.644. The number of thiazole rings is 1. The molecule has 1 heterocycles. The molecule has 3 aromatic rings. The normalized spacial score (nSPS) is 12.6. The van der Waals surface area contributed by atoms with Crippen LogP contribution in [-0.4, -0.2) is 10.4 Å². The third-order valence-corrected chi connectivity index (χ3v) is 5.35. The highest BCUT2D eigenvalue weighted by Crippen LogP contribution is 2.15. The standard InChI is InChI=1S/C19H13Cl2NO2S/c1-22-18(11-16(23)12-6-8-14(20)9-7-12)25-17(19(22)24)10-13-4-2-3-5-15(13)21/h2-11H,1H3. The summed E-state index contributed by atoms with van der Waals surface area (Å²) in [5, 5.41) is 1.14. The van der Waals surface area contributed by atoms with Crippen LogP contribution in [0.1, 0.15) is 15.9 Å². The summed E-state index contributed by atoms with van der Waals surface area (Å²) in [7, 11) is 1.64. The lowest BCUT2D eigenvalue weighted by atomic mass is 10.1. The molecular weight excluding hydrogens is 377 g/mol. The molecule has 0 spiro atoms. The van der Waals surface area contributed by atoms with Crippen molar-refractivity contribution in [1.29, 1.82) is 0 Å². The van der Waals surface area contributed by atoms with Crippen molar-refractivity contribution in [3.05, 3.63) is 89.3 Å². The second-order valence-electron chi connectivity index (χ2n) is 5.35. The summed E-state index contributed by atoms with van der Waals surface area (Å²) in [6.07, 6.45) is 3.19. The Morgan fingerprint density at radius 3 is 2.44 bits per heavy atom. The van der Waals surface area contributed by atoms with Gasteiger partial charge in [0.15, 0.2) is 5.78 Å². The molecule has 0 bridgehead atoms. The zero-order chi connectivity index (χ0) is 18.0. The van der Waals surface area contributed by atoms with Gasteiger partial charge in [0.1, 0.15) is 4.66 Å². The minimum absolute atomic E-state index is 0.167. The van der Waals surface area contributed by atoms with E-state index in [1.165, 1.54) is 22.0 Å². The maximum Gasteiger partial charge on any atom is 0.268 e. The molecule has 3 rings (SSSR count). The van der Waals surface area contributed by atoms with Gasteiger partial charge in [-0.2, -0.15) is 0 Å². The van der Waals surface area contributed by atoms with Gasteiger partial charge in [0.05, 0.1) is 4.53 Å². The molecule has 0 atom stereocenters. The number of aromatic nitrogens is 1. The van der Waals surface area contributed by atoms with Gasteiger partial charge in [-0.1, -0.05) is 41.4 Å². The SMILES string of the molecule is Cn1c(=CC(=O)c2ccc(Cl)cc2)sc(=Cc2ccccc2Cl)c1=O. The van der Waals surface area contributed by atoms with Crippen molar-refractivity contribution in [2.45, 2.75) is 0 Å². The third-order valence-electron chi connectivity index (χ3n) is 3.64. The lowest BCUT2D eigenvalue weighted by molar-refractivity contribution is 0.106. The molecule has 6 heteroatoms. The van der Waals surface area contributed by atoms with Crippen molar-refractivity contribution in [1.82, 2.24) is 4.57 Å². The fourth-order valence-electron chi connectivity index (χ4n) is 2.25. The maximum atomic E-state index is 12.4. The van der Waals surface area contributed by atoms with E-state index in [9.17, 15) is 9.59 Å². The number of rotatable bonds is 3. The van der Waals surface area contributed by atoms with Crippen LogP contribution in [0.15, 0.2) is 53.3 Å². The zero-order valence-electron chi connectivity index (χ0n) is 13.2. The van der Waals surface area contributed by atoms with Crippen LogP contribution in [0.25, 0.3) is 12.2 Å². The van der Waals surface area contributed by atoms with Crippen LogP contribution in [0.4, 0.5) is 0 Å². The molecule has 0 saturated carbocycles. The molecule has 0 radical (unpaired) electrons. The van der Waals surface area contributed by atoms with Crippen molar-refractivity contribution in [3.8, 4) is 0 Å². The van der Waals surface area contributed by atoms with E-state index in [2.05, 4.69) is 0 Å². The van der Waals surface area contributed by atoms with Crippen molar-refractivity contribution in [3.63, 3.8) is 0 Å². The average molecular weight is 390 g/mol. The van der Waals surface area contributed by atoms with Crippen LogP contribution >= 0.6 is 34.5 Å². The number of Topliss-reactive ketones (excluding diaryl/α,β-unsaturated/α-hetero) is 1. The molecule has 0 aliphatic heterocycles. The first-order chi connectivity index (χ1) is 12.0. The fourth-order valence-corrected chi connectivity index (χ4v) is 3.59. The van der Waals surface area contributed by atoms with E-state index in [1.807, 2.05) is 18.2 Å². The first kappa shape index (κ1) is 17.7. The van der Waals surface area contributed by atoms with Crippen LogP contribution in [0.3, 0.4) is 0 Å². The number of halogens is 2. The Kier molecular flexibility index (Phi) is 5.23. The largest absolute Gasteiger partial charge is 0.302 e. The molecule has 25 heavy (non-hydrogen) atoms. The van der Waals surface area contributed by atoms with Crippen LogP contribution in [0.5, 0.6) is 0 Å². The number of hydrogen-bond acceptors (Lipinski definition) is 3. The van der Waals surface area contributed by atoms with Crippen LogP contribution in [0, 0.1) is 0 Å². The molecule has 0 N–H and O–H groups in total. The topological polar surface area (TPSA) is 39.1 Å². The van der Waals surface area contributed by atoms with E-state index < -0.39 is 0 Å². The van der Waals surface area contributed by atoms with Gasteiger partial charge in [-0.15, -0.1) is 11.3 Å². The Bertz CT molecular complexity index is 1110. The second-order valence-corrected chi connectivity index (χ2v) is 7.26. The monoisotopic (exact) mass is 389 g/mol. The number of nitrogens with zero attached hydrogens (tertiary/aromatic N) is 1. The van der Waals surface area contributed by atoms with E-state index >= 15 is 0 Å². The highest BCUT2D eigenvalue weighted by molar-refractivity contribution is 7.07. The number of ketones is 1. The summed E-state index contributed by atoms with van der Waals surface area (Å²) >= 11 is 13.2. The summed E-state index contributed by atoms with van der Waals surface area (Å²) < 4.78 is 2.55. The number of carbonyl (C=O) groups excluding carboxylic acids is 1. The van der Waals surface area contributed by atoms with E-state index in [0.29, 0.717) is 24.8 Å². The van der Waals surface area contributed by atoms with E-state index in [-0.39, 0.29) is 11.3 Å². The molecule has 0 amide bonds. The maximum absolute atomic E-state index is 12.4. The predicted octanol–water partition coefficient (Wildman–Crippen LogP) is 3.25. The van der Waals surface area contributed by atoms with Gasteiger partial charge in [-0.25, -0.2) is 0 Å². The number of benzene rings is 2. The van der Waals surface area contributed by atoms with Gasteiger partial charge in [0.2, 0.25) is 0 Å². The van der Waals surface area contributed by atoms with E-state index in [1.54, 1.807) is 43.5 Å². The number of carbonyl (C=O) groups is 1. The molecule has 0 fully saturated rings. The molecular formula is C19H13Cl2NO2S. The fraction of sp³-hybridized carbons (Fsp3) is 0.0526. The Labute approximate surface area is 158 Å². The molecule has 2 aromatic carbocycles. The highest BCUT2D eigenvalue weighted by atomic mass is 35.5. The molecule has 0 aliphatic carbocycles. The average Bonchev–Trinajstić information content (AvgIpc) is 2.85. The molecule has 0 saturated heterocycles. The molecule has 126 valence electrons. The van der Waals surface area contributed by atoms with Gasteiger partial charge in [-0.05, 0) is 42.0 Å². The van der Waals surface area contributed by atoms with Crippen molar-refractivity contribution >= 4 is 52.5 Å². The summed E-state index contributed by atoms with van der Waals surface area (Å²) in [4.78, 5) is 24.8. The number of hydrogen-bond donors (Lipinski definition) is 0. The van der Waals surface area contributed by atoms with E-state index in [0.717, 1.165) is 5.56 Å². The molecule has 0 unspecified atom stereocenters. The Morgan fingerprint density at radius 2 is 1.76 bits per heavy atom. The zero-order valence-corrected chi connectivity index (χ0v) is 15.5. The van der Waals surface area contributed by atoms with Crippen LogP contribution in [0.2, 0.25) is 10.0 Å². The van der Waals surface area contributed by atoms with Gasteiger partial charge in [-0.3, -0.25) is 9.59 Å². The van der Waals surface area contributed by atoms with Crippen molar-refractivity contribution < 1.29 is 4.79 Å². The van der Waals surface area contributed by atoms with E-state index in [4.69, 9.17) is 23.2 Å². The molecule has 0 aliphatic rings. The first-order valence-electron chi connectivity index (χ1n) is 7.39. The molecule has 3 nitrogen and oxygen atoms in total. The van der Waals surface area contributed by atoms with Crippen LogP contribution in [-0.2, 0) is 7.05 Å². The smallest absolute Gasteiger partial charge is 0.268 e. The Balaban J connectivity index is 2.07. The van der Waals surface area contributed by atoms with Crippen molar-refractivity contribution in [2.24, 2.45) is 7.05 Å². The highest BCUT2D eigenvalue weighted by Gasteiger charge is 2.06. The summed E-state index contributed by atoms with van der Waals surface area (Å²) in [6, 6.07) is 13.9.